The van der Waals surface area contributed by atoms with Gasteiger partial charge in [-0.05, 0) is 36.1 Å². The van der Waals surface area contributed by atoms with Crippen LogP contribution in [0.5, 0.6) is 23.0 Å². The molecule has 0 radical (unpaired) electrons. The number of hydrogen-bond acceptors (Lipinski definition) is 8. The summed E-state index contributed by atoms with van der Waals surface area (Å²) in [5, 5.41) is 11.1. The van der Waals surface area contributed by atoms with E-state index in [0.29, 0.717) is 23.5 Å². The third-order valence-electron chi connectivity index (χ3n) is 4.50. The lowest BCUT2D eigenvalue weighted by Crippen LogP contribution is -2.10. The lowest BCUT2D eigenvalue weighted by atomic mass is 9.95. The number of carbonyl (C=O) groups excluding carboxylic acids is 1. The Kier molecular flexibility index (Phi) is 10.7. The highest BCUT2D eigenvalue weighted by Gasteiger charge is 2.24. The molecule has 2 aromatic rings. The minimum atomic E-state index is -0.415. The Morgan fingerprint density at radius 3 is 2.06 bits per heavy atom. The smallest absolute Gasteiger partial charge is 0.193 e. The van der Waals surface area contributed by atoms with Crippen LogP contribution < -0.4 is 14.2 Å². The Balaban J connectivity index is 2.39. The summed E-state index contributed by atoms with van der Waals surface area (Å²) in [7, 11) is 4.52. The van der Waals surface area contributed by atoms with Crippen molar-refractivity contribution in [2.24, 2.45) is 5.92 Å². The number of ether oxygens (including phenoxy) is 6. The maximum Gasteiger partial charge on any atom is 0.193 e. The van der Waals surface area contributed by atoms with Gasteiger partial charge >= 0.3 is 0 Å². The van der Waals surface area contributed by atoms with Gasteiger partial charge in [-0.15, -0.1) is 0 Å². The molecule has 0 unspecified atom stereocenters. The Morgan fingerprint density at radius 1 is 0.909 bits per heavy atom. The molecule has 2 aromatic carbocycles. The van der Waals surface area contributed by atoms with Gasteiger partial charge in [0.15, 0.2) is 26.2 Å². The number of carbonyl (C=O) groups is 1. The molecule has 2 rings (SSSR count). The number of rotatable bonds is 14. The number of allylic oxidation sites excluding steroid dienone is 1. The van der Waals surface area contributed by atoms with Crippen LogP contribution in [0.2, 0.25) is 0 Å². The van der Waals surface area contributed by atoms with E-state index in [0.717, 1.165) is 5.56 Å². The molecule has 0 aliphatic rings. The molecule has 0 saturated carbocycles. The van der Waals surface area contributed by atoms with Crippen molar-refractivity contribution in [3.63, 3.8) is 0 Å². The zero-order chi connectivity index (χ0) is 24.2. The Labute approximate surface area is 194 Å². The van der Waals surface area contributed by atoms with Crippen LogP contribution in [0.3, 0.4) is 0 Å². The minimum absolute atomic E-state index is 0.00839. The summed E-state index contributed by atoms with van der Waals surface area (Å²) in [5.41, 5.74) is 1.35. The molecule has 1 N–H and O–H groups in total. The first-order valence-corrected chi connectivity index (χ1v) is 10.5. The van der Waals surface area contributed by atoms with Crippen LogP contribution in [0.25, 0.3) is 6.08 Å². The number of phenolic OH excluding ortho intramolecular Hbond substituents is 1. The lowest BCUT2D eigenvalue weighted by molar-refractivity contribution is 0.0447. The summed E-state index contributed by atoms with van der Waals surface area (Å²) >= 11 is 0. The van der Waals surface area contributed by atoms with E-state index in [1.54, 1.807) is 31.4 Å². The van der Waals surface area contributed by atoms with Crippen molar-refractivity contribution in [1.82, 2.24) is 0 Å². The van der Waals surface area contributed by atoms with Crippen LogP contribution in [0.15, 0.2) is 36.4 Å². The van der Waals surface area contributed by atoms with Crippen molar-refractivity contribution in [3.05, 3.63) is 53.1 Å². The highest BCUT2D eigenvalue weighted by molar-refractivity contribution is 6.11. The van der Waals surface area contributed by atoms with Gasteiger partial charge in [-0.2, -0.15) is 0 Å². The summed E-state index contributed by atoms with van der Waals surface area (Å²) in [6.45, 7) is 4.07. The van der Waals surface area contributed by atoms with Gasteiger partial charge < -0.3 is 33.5 Å². The van der Waals surface area contributed by atoms with Crippen molar-refractivity contribution >= 4 is 11.9 Å². The van der Waals surface area contributed by atoms with Crippen LogP contribution in [-0.4, -0.2) is 52.6 Å². The van der Waals surface area contributed by atoms with E-state index in [4.69, 9.17) is 28.4 Å². The molecular formula is C25H32O8. The number of methoxy groups -OCH3 is 3. The maximum absolute atomic E-state index is 13.1. The van der Waals surface area contributed by atoms with Crippen LogP contribution >= 0.6 is 0 Å². The molecule has 8 nitrogen and oxygen atoms in total. The van der Waals surface area contributed by atoms with Gasteiger partial charge in [0.1, 0.15) is 28.6 Å². The van der Waals surface area contributed by atoms with Crippen molar-refractivity contribution in [3.8, 4) is 23.0 Å². The van der Waals surface area contributed by atoms with Gasteiger partial charge in [-0.3, -0.25) is 4.79 Å². The fourth-order valence-electron chi connectivity index (χ4n) is 3.05. The summed E-state index contributed by atoms with van der Waals surface area (Å²) in [4.78, 5) is 13.1. The largest absolute Gasteiger partial charge is 0.507 e. The first kappa shape index (κ1) is 26.2. The predicted molar refractivity (Wildman–Crippen MR) is 124 cm³/mol. The first-order valence-electron chi connectivity index (χ1n) is 10.5. The summed E-state index contributed by atoms with van der Waals surface area (Å²) in [6.07, 6.45) is 3.54. The van der Waals surface area contributed by atoms with E-state index in [1.165, 1.54) is 20.3 Å². The van der Waals surface area contributed by atoms with Crippen LogP contribution in [0.4, 0.5) is 0 Å². The molecule has 0 aliphatic carbocycles. The number of benzene rings is 2. The van der Waals surface area contributed by atoms with E-state index in [9.17, 15) is 9.90 Å². The topological polar surface area (TPSA) is 92.7 Å². The van der Waals surface area contributed by atoms with E-state index in [1.807, 2.05) is 26.0 Å². The fourth-order valence-corrected chi connectivity index (χ4v) is 3.05. The predicted octanol–water partition coefficient (Wildman–Crippen LogP) is 4.43. The van der Waals surface area contributed by atoms with Gasteiger partial charge in [0.25, 0.3) is 0 Å². The number of aromatic hydroxyl groups is 1. The molecule has 0 saturated heterocycles. The quantitative estimate of drug-likeness (QED) is 0.251. The van der Waals surface area contributed by atoms with Crippen molar-refractivity contribution in [2.45, 2.75) is 20.3 Å². The highest BCUT2D eigenvalue weighted by atomic mass is 16.7. The average Bonchev–Trinajstić information content (AvgIpc) is 2.80. The second-order valence-corrected chi connectivity index (χ2v) is 7.59. The Morgan fingerprint density at radius 2 is 1.48 bits per heavy atom. The standard InChI is InChI=1S/C25H32O8/c1-17(2)12-20-22(32-15-29-4)13-23(33-16-30-5)24(25(20)27)21(26)11-8-18-6-9-19(10-7-18)31-14-28-3/h6-11,13,17,27H,12,14-16H2,1-5H3/b11-8+. The summed E-state index contributed by atoms with van der Waals surface area (Å²) in [6, 6.07) is 8.75. The van der Waals surface area contributed by atoms with E-state index < -0.39 is 5.78 Å². The molecule has 8 heteroatoms. The molecule has 0 aliphatic heterocycles. The van der Waals surface area contributed by atoms with E-state index in [-0.39, 0.29) is 43.4 Å². The Hall–Kier alpha value is -3.07. The van der Waals surface area contributed by atoms with Crippen LogP contribution in [0.1, 0.15) is 35.3 Å². The van der Waals surface area contributed by atoms with Crippen molar-refractivity contribution in [1.29, 1.82) is 0 Å². The Bertz CT molecular complexity index is 919. The van der Waals surface area contributed by atoms with E-state index >= 15 is 0 Å². The molecule has 0 aromatic heterocycles. The molecule has 0 fully saturated rings. The third kappa shape index (κ3) is 7.78. The van der Waals surface area contributed by atoms with Gasteiger partial charge in [-0.1, -0.05) is 32.1 Å². The maximum atomic E-state index is 13.1. The van der Waals surface area contributed by atoms with Gasteiger partial charge in [0, 0.05) is 33.0 Å². The third-order valence-corrected chi connectivity index (χ3v) is 4.50. The molecule has 0 heterocycles. The second kappa shape index (κ2) is 13.5. The molecule has 33 heavy (non-hydrogen) atoms. The monoisotopic (exact) mass is 460 g/mol. The van der Waals surface area contributed by atoms with E-state index in [2.05, 4.69) is 0 Å². The van der Waals surface area contributed by atoms with Gasteiger partial charge in [0.2, 0.25) is 0 Å². The second-order valence-electron chi connectivity index (χ2n) is 7.59. The lowest BCUT2D eigenvalue weighted by Gasteiger charge is -2.19. The van der Waals surface area contributed by atoms with Crippen molar-refractivity contribution < 1.29 is 38.3 Å². The summed E-state index contributed by atoms with van der Waals surface area (Å²) < 4.78 is 31.4. The van der Waals surface area contributed by atoms with Crippen molar-refractivity contribution in [2.75, 3.05) is 41.7 Å². The number of hydrogen-bond donors (Lipinski definition) is 1. The summed E-state index contributed by atoms with van der Waals surface area (Å²) in [5.74, 6) is 0.817. The van der Waals surface area contributed by atoms with Gasteiger partial charge in [-0.25, -0.2) is 0 Å². The highest BCUT2D eigenvalue weighted by Crippen LogP contribution is 2.40. The zero-order valence-corrected chi connectivity index (χ0v) is 19.8. The minimum Gasteiger partial charge on any atom is -0.507 e. The van der Waals surface area contributed by atoms with Crippen LogP contribution in [-0.2, 0) is 20.6 Å². The fraction of sp³-hybridized carbons (Fsp3) is 0.400. The molecule has 0 amide bonds. The number of ketones is 1. The zero-order valence-electron chi connectivity index (χ0n) is 19.8. The molecule has 0 atom stereocenters. The van der Waals surface area contributed by atoms with Crippen LogP contribution in [0, 0.1) is 5.92 Å². The molecule has 180 valence electrons. The normalized spacial score (nSPS) is 11.2. The SMILES string of the molecule is COCOc1ccc(/C=C/C(=O)c2c(OCOC)cc(OCOC)c(CC(C)C)c2O)cc1. The first-order chi connectivity index (χ1) is 15.9. The molecule has 0 spiro atoms. The average molecular weight is 461 g/mol. The number of phenols is 1. The molecular weight excluding hydrogens is 428 g/mol. The molecule has 0 bridgehead atoms. The van der Waals surface area contributed by atoms with Gasteiger partial charge in [0.05, 0.1) is 0 Å².